The Morgan fingerprint density at radius 3 is 2.64 bits per heavy atom. The van der Waals surface area contributed by atoms with E-state index in [-0.39, 0.29) is 23.6 Å². The van der Waals surface area contributed by atoms with Crippen molar-refractivity contribution in [2.24, 2.45) is 11.7 Å². The van der Waals surface area contributed by atoms with Crippen LogP contribution in [0.5, 0.6) is 5.75 Å². The van der Waals surface area contributed by atoms with E-state index < -0.39 is 23.4 Å². The SMILES string of the molecule is N=C/C=C(\N)c1cc(C(=O)Nc2ccc(OC(F)(F)Cl)cc2)cnc1N1CCC(C(=O)O)C1. The van der Waals surface area contributed by atoms with Crippen LogP contribution >= 0.6 is 11.6 Å². The Morgan fingerprint density at radius 2 is 2.06 bits per heavy atom. The molecular formula is C21H20ClF2N5O4. The molecule has 1 unspecified atom stereocenters. The first-order chi connectivity index (χ1) is 15.6. The number of nitrogens with two attached hydrogens (primary N) is 1. The largest absolute Gasteiger partial charge is 0.487 e. The van der Waals surface area contributed by atoms with E-state index in [0.29, 0.717) is 30.0 Å². The van der Waals surface area contributed by atoms with Crippen LogP contribution in [-0.2, 0) is 4.79 Å². The summed E-state index contributed by atoms with van der Waals surface area (Å²) in [5.74, 6) is -1.75. The zero-order valence-electron chi connectivity index (χ0n) is 17.1. The number of carbonyl (C=O) groups excluding carboxylic acids is 1. The molecular weight excluding hydrogens is 460 g/mol. The number of nitrogens with zero attached hydrogens (tertiary/aromatic N) is 2. The minimum absolute atomic E-state index is 0.150. The number of rotatable bonds is 8. The molecule has 1 fully saturated rings. The van der Waals surface area contributed by atoms with Gasteiger partial charge in [0.1, 0.15) is 11.6 Å². The highest BCUT2D eigenvalue weighted by Crippen LogP contribution is 2.29. The summed E-state index contributed by atoms with van der Waals surface area (Å²) >= 11 is 4.72. The Balaban J connectivity index is 1.82. The highest BCUT2D eigenvalue weighted by atomic mass is 35.5. The van der Waals surface area contributed by atoms with Crippen molar-refractivity contribution in [1.82, 2.24) is 4.98 Å². The monoisotopic (exact) mass is 479 g/mol. The van der Waals surface area contributed by atoms with Crippen molar-refractivity contribution in [3.05, 3.63) is 53.7 Å². The van der Waals surface area contributed by atoms with Gasteiger partial charge >= 0.3 is 11.5 Å². The summed E-state index contributed by atoms with van der Waals surface area (Å²) in [5, 5.41) is 19.1. The van der Waals surface area contributed by atoms with E-state index >= 15 is 0 Å². The topological polar surface area (TPSA) is 142 Å². The van der Waals surface area contributed by atoms with E-state index in [0.717, 1.165) is 6.21 Å². The molecule has 1 aliphatic rings. The summed E-state index contributed by atoms with van der Waals surface area (Å²) < 4.78 is 29.6. The second-order valence-corrected chi connectivity index (χ2v) is 7.62. The molecule has 2 aromatic rings. The lowest BCUT2D eigenvalue weighted by Gasteiger charge is -2.21. The molecule has 3 rings (SSSR count). The van der Waals surface area contributed by atoms with Gasteiger partial charge in [-0.25, -0.2) is 4.98 Å². The second kappa shape index (κ2) is 9.82. The summed E-state index contributed by atoms with van der Waals surface area (Å²) in [5.41, 5.74) is 3.24. The van der Waals surface area contributed by atoms with E-state index in [9.17, 15) is 23.5 Å². The maximum Gasteiger partial charge on any atom is 0.487 e. The van der Waals surface area contributed by atoms with Crippen LogP contribution in [-0.4, -0.2) is 46.8 Å². The summed E-state index contributed by atoms with van der Waals surface area (Å²) in [6.07, 6.45) is 4.09. The number of anilines is 2. The van der Waals surface area contributed by atoms with Crippen LogP contribution in [0, 0.1) is 11.3 Å². The maximum atomic E-state index is 12.7. The summed E-state index contributed by atoms with van der Waals surface area (Å²) in [4.78, 5) is 30.1. The van der Waals surface area contributed by atoms with Gasteiger partial charge in [-0.15, -0.1) is 8.78 Å². The van der Waals surface area contributed by atoms with E-state index in [1.807, 2.05) is 0 Å². The third-order valence-corrected chi connectivity index (χ3v) is 4.96. The molecule has 0 spiro atoms. The summed E-state index contributed by atoms with van der Waals surface area (Å²) in [7, 11) is 0. The number of carbonyl (C=O) groups is 2. The smallest absolute Gasteiger partial charge is 0.481 e. The average Bonchev–Trinajstić information content (AvgIpc) is 3.24. The molecule has 0 bridgehead atoms. The predicted octanol–water partition coefficient (Wildman–Crippen LogP) is 3.36. The van der Waals surface area contributed by atoms with Gasteiger partial charge in [-0.1, -0.05) is 0 Å². The summed E-state index contributed by atoms with van der Waals surface area (Å²) in [6.45, 7) is 0.699. The van der Waals surface area contributed by atoms with E-state index in [1.165, 1.54) is 42.6 Å². The number of aliphatic carboxylic acids is 1. The first kappa shape index (κ1) is 23.9. The fourth-order valence-corrected chi connectivity index (χ4v) is 3.41. The molecule has 5 N–H and O–H groups in total. The predicted molar refractivity (Wildman–Crippen MR) is 119 cm³/mol. The van der Waals surface area contributed by atoms with Gasteiger partial charge in [-0.2, -0.15) is 0 Å². The molecule has 1 aliphatic heterocycles. The van der Waals surface area contributed by atoms with Crippen molar-refractivity contribution in [3.63, 3.8) is 0 Å². The Bertz CT molecular complexity index is 1090. The average molecular weight is 480 g/mol. The van der Waals surface area contributed by atoms with Gasteiger partial charge in [0.05, 0.1) is 11.5 Å². The lowest BCUT2D eigenvalue weighted by atomic mass is 10.1. The Labute approximate surface area is 192 Å². The van der Waals surface area contributed by atoms with Crippen molar-refractivity contribution < 1.29 is 28.2 Å². The molecule has 1 atom stereocenters. The Hall–Kier alpha value is -3.73. The minimum atomic E-state index is -3.85. The van der Waals surface area contributed by atoms with Gasteiger partial charge < -0.3 is 31.2 Å². The van der Waals surface area contributed by atoms with Crippen molar-refractivity contribution in [2.75, 3.05) is 23.3 Å². The van der Waals surface area contributed by atoms with E-state index in [1.54, 1.807) is 4.90 Å². The van der Waals surface area contributed by atoms with Crippen molar-refractivity contribution >= 4 is 46.9 Å². The molecule has 1 aromatic heterocycles. The number of nitrogens with one attached hydrogen (secondary N) is 2. The highest BCUT2D eigenvalue weighted by Gasteiger charge is 2.30. The Kier molecular flexibility index (Phi) is 7.12. The summed E-state index contributed by atoms with van der Waals surface area (Å²) in [6, 6.07) is 6.65. The number of ether oxygens (including phenoxy) is 1. The molecule has 1 amide bonds. The normalized spacial score (nSPS) is 16.4. The third-order valence-electron chi connectivity index (χ3n) is 4.89. The molecule has 33 heavy (non-hydrogen) atoms. The zero-order chi connectivity index (χ0) is 24.2. The maximum absolute atomic E-state index is 12.7. The molecule has 9 nitrogen and oxygen atoms in total. The molecule has 1 aromatic carbocycles. The number of allylic oxidation sites excluding steroid dienone is 1. The van der Waals surface area contributed by atoms with Crippen LogP contribution < -0.4 is 20.7 Å². The van der Waals surface area contributed by atoms with E-state index in [2.05, 4.69) is 15.0 Å². The zero-order valence-corrected chi connectivity index (χ0v) is 17.9. The number of pyridine rings is 1. The number of amides is 1. The number of hydrogen-bond acceptors (Lipinski definition) is 7. The van der Waals surface area contributed by atoms with Crippen LogP contribution in [0.1, 0.15) is 22.3 Å². The minimum Gasteiger partial charge on any atom is -0.481 e. The molecule has 0 aliphatic carbocycles. The van der Waals surface area contributed by atoms with Gasteiger partial charge in [0.2, 0.25) is 0 Å². The van der Waals surface area contributed by atoms with E-state index in [4.69, 9.17) is 22.7 Å². The van der Waals surface area contributed by atoms with Crippen molar-refractivity contribution in [2.45, 2.75) is 12.0 Å². The van der Waals surface area contributed by atoms with Crippen LogP contribution in [0.15, 0.2) is 42.6 Å². The molecule has 2 heterocycles. The van der Waals surface area contributed by atoms with Crippen LogP contribution in [0.25, 0.3) is 5.70 Å². The lowest BCUT2D eigenvalue weighted by Crippen LogP contribution is -2.25. The number of hydrogen-bond donors (Lipinski definition) is 4. The number of carboxylic acids is 1. The lowest BCUT2D eigenvalue weighted by molar-refractivity contribution is -0.140. The molecule has 12 heteroatoms. The van der Waals surface area contributed by atoms with Crippen LogP contribution in [0.2, 0.25) is 0 Å². The van der Waals surface area contributed by atoms with Crippen LogP contribution in [0.3, 0.4) is 0 Å². The number of benzene rings is 1. The number of halogens is 3. The highest BCUT2D eigenvalue weighted by molar-refractivity contribution is 6.20. The fourth-order valence-electron chi connectivity index (χ4n) is 3.32. The number of aromatic nitrogens is 1. The first-order valence-electron chi connectivity index (χ1n) is 9.69. The van der Waals surface area contributed by atoms with Crippen LogP contribution in [0.4, 0.5) is 20.3 Å². The quantitative estimate of drug-likeness (QED) is 0.336. The molecule has 0 radical (unpaired) electrons. The Morgan fingerprint density at radius 1 is 1.36 bits per heavy atom. The fraction of sp³-hybridized carbons (Fsp3) is 0.238. The van der Waals surface area contributed by atoms with Gasteiger partial charge in [0, 0.05) is 54.0 Å². The number of alkyl halides is 3. The standard InChI is InChI=1S/C21H20ClF2N5O4/c22-21(23,24)33-15-3-1-14(2-4-15)28-19(30)13-9-16(17(26)5-7-25)18(27-10-13)29-8-6-12(11-29)20(31)32/h1-5,7,9-10,12,25H,6,8,11,26H2,(H,28,30)(H,31,32)/b17-5-,25-7?. The van der Waals surface area contributed by atoms with Gasteiger partial charge in [-0.3, -0.25) is 9.59 Å². The second-order valence-electron chi connectivity index (χ2n) is 7.18. The first-order valence-corrected chi connectivity index (χ1v) is 10.1. The molecule has 0 saturated carbocycles. The molecule has 1 saturated heterocycles. The van der Waals surface area contributed by atoms with Crippen molar-refractivity contribution in [3.8, 4) is 5.75 Å². The molecule has 174 valence electrons. The van der Waals surface area contributed by atoms with Gasteiger partial charge in [0.25, 0.3) is 5.91 Å². The third kappa shape index (κ3) is 6.16. The van der Waals surface area contributed by atoms with Gasteiger partial charge in [0.15, 0.2) is 0 Å². The van der Waals surface area contributed by atoms with Gasteiger partial charge in [-0.05, 0) is 42.8 Å². The number of carboxylic acid groups (broad SMARTS) is 1. The van der Waals surface area contributed by atoms with Crippen molar-refractivity contribution in [1.29, 1.82) is 5.41 Å².